The number of benzene rings is 2. The SMILES string of the molecule is CCc1ccc(OCC(=O)N[C@H]2CC(C)(C)Oc3cc(OC)ccc32)cc1. The number of nitrogens with one attached hydrogen (secondary N) is 1. The lowest BCUT2D eigenvalue weighted by atomic mass is 9.89. The Kier molecular flexibility index (Phi) is 5.59. The maximum Gasteiger partial charge on any atom is 0.258 e. The zero-order chi connectivity index (χ0) is 19.4. The van der Waals surface area contributed by atoms with Gasteiger partial charge in [0.2, 0.25) is 0 Å². The van der Waals surface area contributed by atoms with Gasteiger partial charge in [-0.2, -0.15) is 0 Å². The minimum absolute atomic E-state index is 0.0191. The Morgan fingerprint density at radius 1 is 1.19 bits per heavy atom. The molecule has 27 heavy (non-hydrogen) atoms. The van der Waals surface area contributed by atoms with E-state index in [1.54, 1.807) is 7.11 Å². The summed E-state index contributed by atoms with van der Waals surface area (Å²) in [5.41, 5.74) is 1.81. The van der Waals surface area contributed by atoms with E-state index in [-0.39, 0.29) is 24.2 Å². The van der Waals surface area contributed by atoms with Crippen molar-refractivity contribution in [3.8, 4) is 17.2 Å². The fraction of sp³-hybridized carbons (Fsp3) is 0.409. The number of hydrogen-bond acceptors (Lipinski definition) is 4. The van der Waals surface area contributed by atoms with Crippen molar-refractivity contribution in [3.05, 3.63) is 53.6 Å². The molecule has 0 bridgehead atoms. The molecule has 0 unspecified atom stereocenters. The second kappa shape index (κ2) is 7.91. The molecule has 1 aliphatic rings. The number of carbonyl (C=O) groups excluding carboxylic acids is 1. The summed E-state index contributed by atoms with van der Waals surface area (Å²) < 4.78 is 17.0. The van der Waals surface area contributed by atoms with Gasteiger partial charge < -0.3 is 19.5 Å². The summed E-state index contributed by atoms with van der Waals surface area (Å²) in [6.07, 6.45) is 1.66. The van der Waals surface area contributed by atoms with E-state index < -0.39 is 0 Å². The number of fused-ring (bicyclic) bond motifs is 1. The van der Waals surface area contributed by atoms with Gasteiger partial charge in [0.15, 0.2) is 6.61 Å². The van der Waals surface area contributed by atoms with Crippen LogP contribution in [0.3, 0.4) is 0 Å². The summed E-state index contributed by atoms with van der Waals surface area (Å²) in [6.45, 7) is 6.11. The van der Waals surface area contributed by atoms with Crippen LogP contribution in [0.2, 0.25) is 0 Å². The molecule has 0 radical (unpaired) electrons. The Labute approximate surface area is 160 Å². The molecule has 1 atom stereocenters. The molecule has 0 spiro atoms. The molecular weight excluding hydrogens is 342 g/mol. The summed E-state index contributed by atoms with van der Waals surface area (Å²) in [7, 11) is 1.62. The minimum atomic E-state index is -0.381. The summed E-state index contributed by atoms with van der Waals surface area (Å²) in [5.74, 6) is 2.01. The van der Waals surface area contributed by atoms with Gasteiger partial charge in [-0.15, -0.1) is 0 Å². The molecule has 3 rings (SSSR count). The zero-order valence-corrected chi connectivity index (χ0v) is 16.4. The quantitative estimate of drug-likeness (QED) is 0.834. The number of methoxy groups -OCH3 is 1. The highest BCUT2D eigenvalue weighted by atomic mass is 16.5. The van der Waals surface area contributed by atoms with E-state index in [0.29, 0.717) is 12.2 Å². The first-order valence-corrected chi connectivity index (χ1v) is 9.28. The van der Waals surface area contributed by atoms with Gasteiger partial charge in [-0.05, 0) is 50.1 Å². The van der Waals surface area contributed by atoms with Gasteiger partial charge in [-0.25, -0.2) is 0 Å². The minimum Gasteiger partial charge on any atom is -0.497 e. The molecule has 0 saturated heterocycles. The van der Waals surface area contributed by atoms with Crippen molar-refractivity contribution >= 4 is 5.91 Å². The smallest absolute Gasteiger partial charge is 0.258 e. The first-order valence-electron chi connectivity index (χ1n) is 9.28. The van der Waals surface area contributed by atoms with Crippen LogP contribution in [0.1, 0.15) is 44.4 Å². The summed E-state index contributed by atoms with van der Waals surface area (Å²) in [5, 5.41) is 3.08. The predicted molar refractivity (Wildman–Crippen MR) is 105 cm³/mol. The molecule has 1 N–H and O–H groups in total. The normalized spacial score (nSPS) is 17.4. The Morgan fingerprint density at radius 2 is 1.89 bits per heavy atom. The monoisotopic (exact) mass is 369 g/mol. The topological polar surface area (TPSA) is 56.8 Å². The molecule has 1 aliphatic heterocycles. The van der Waals surface area contributed by atoms with Gasteiger partial charge in [0.05, 0.1) is 13.2 Å². The van der Waals surface area contributed by atoms with Crippen LogP contribution in [0.5, 0.6) is 17.2 Å². The van der Waals surface area contributed by atoms with Crippen LogP contribution in [0.25, 0.3) is 0 Å². The Balaban J connectivity index is 1.66. The summed E-state index contributed by atoms with van der Waals surface area (Å²) >= 11 is 0. The van der Waals surface area contributed by atoms with Crippen molar-refractivity contribution in [2.45, 2.75) is 45.3 Å². The van der Waals surface area contributed by atoms with E-state index in [9.17, 15) is 4.79 Å². The van der Waals surface area contributed by atoms with Crippen LogP contribution < -0.4 is 19.5 Å². The fourth-order valence-electron chi connectivity index (χ4n) is 3.29. The molecule has 1 amide bonds. The number of amides is 1. The zero-order valence-electron chi connectivity index (χ0n) is 16.4. The lowest BCUT2D eigenvalue weighted by molar-refractivity contribution is -0.124. The third-order valence-corrected chi connectivity index (χ3v) is 4.71. The molecule has 0 aliphatic carbocycles. The van der Waals surface area contributed by atoms with E-state index in [1.807, 2.05) is 56.3 Å². The van der Waals surface area contributed by atoms with Crippen molar-refractivity contribution in [1.82, 2.24) is 5.32 Å². The van der Waals surface area contributed by atoms with Gasteiger partial charge in [-0.1, -0.05) is 19.1 Å². The average Bonchev–Trinajstić information content (AvgIpc) is 2.65. The van der Waals surface area contributed by atoms with Crippen LogP contribution in [0, 0.1) is 0 Å². The molecule has 5 heteroatoms. The largest absolute Gasteiger partial charge is 0.497 e. The van der Waals surface area contributed by atoms with Crippen LogP contribution in [0.15, 0.2) is 42.5 Å². The van der Waals surface area contributed by atoms with Gasteiger partial charge in [0, 0.05) is 18.1 Å². The highest BCUT2D eigenvalue weighted by Crippen LogP contribution is 2.41. The van der Waals surface area contributed by atoms with Gasteiger partial charge in [-0.3, -0.25) is 4.79 Å². The van der Waals surface area contributed by atoms with Gasteiger partial charge in [0.1, 0.15) is 22.8 Å². The van der Waals surface area contributed by atoms with Crippen LogP contribution in [-0.2, 0) is 11.2 Å². The number of carbonyl (C=O) groups is 1. The van der Waals surface area contributed by atoms with E-state index in [2.05, 4.69) is 12.2 Å². The molecule has 5 nitrogen and oxygen atoms in total. The van der Waals surface area contributed by atoms with Crippen molar-refractivity contribution in [2.75, 3.05) is 13.7 Å². The molecule has 0 aromatic heterocycles. The van der Waals surface area contributed by atoms with Crippen molar-refractivity contribution < 1.29 is 19.0 Å². The van der Waals surface area contributed by atoms with E-state index in [4.69, 9.17) is 14.2 Å². The van der Waals surface area contributed by atoms with E-state index in [1.165, 1.54) is 5.56 Å². The standard InChI is InChI=1S/C22H27NO4/c1-5-15-6-8-16(9-7-15)26-14-21(24)23-19-13-22(2,3)27-20-12-17(25-4)10-11-18(19)20/h6-12,19H,5,13-14H2,1-4H3,(H,23,24)/t19-/m0/s1. The van der Waals surface area contributed by atoms with Gasteiger partial charge in [0.25, 0.3) is 5.91 Å². The highest BCUT2D eigenvalue weighted by Gasteiger charge is 2.34. The van der Waals surface area contributed by atoms with Crippen LogP contribution >= 0.6 is 0 Å². The number of aryl methyl sites for hydroxylation is 1. The van der Waals surface area contributed by atoms with Gasteiger partial charge >= 0.3 is 0 Å². The van der Waals surface area contributed by atoms with Crippen molar-refractivity contribution in [3.63, 3.8) is 0 Å². The summed E-state index contributed by atoms with van der Waals surface area (Å²) in [4.78, 5) is 12.5. The maximum atomic E-state index is 12.5. The lowest BCUT2D eigenvalue weighted by Gasteiger charge is -2.38. The van der Waals surface area contributed by atoms with Crippen molar-refractivity contribution in [2.24, 2.45) is 0 Å². The average molecular weight is 369 g/mol. The first kappa shape index (κ1) is 19.1. The lowest BCUT2D eigenvalue weighted by Crippen LogP contribution is -2.42. The summed E-state index contributed by atoms with van der Waals surface area (Å²) in [6, 6.07) is 13.4. The van der Waals surface area contributed by atoms with Crippen molar-refractivity contribution in [1.29, 1.82) is 0 Å². The number of rotatable bonds is 6. The fourth-order valence-corrected chi connectivity index (χ4v) is 3.29. The predicted octanol–water partition coefficient (Wildman–Crippen LogP) is 4.06. The molecule has 2 aromatic carbocycles. The van der Waals surface area contributed by atoms with Crippen LogP contribution in [0.4, 0.5) is 0 Å². The third kappa shape index (κ3) is 4.73. The maximum absolute atomic E-state index is 12.5. The number of ether oxygens (including phenoxy) is 3. The Morgan fingerprint density at radius 3 is 2.56 bits per heavy atom. The molecular formula is C22H27NO4. The molecule has 144 valence electrons. The highest BCUT2D eigenvalue weighted by molar-refractivity contribution is 5.78. The molecule has 0 saturated carbocycles. The van der Waals surface area contributed by atoms with Crippen LogP contribution in [-0.4, -0.2) is 25.2 Å². The molecule has 1 heterocycles. The molecule has 0 fully saturated rings. The first-order chi connectivity index (χ1) is 12.9. The van der Waals surface area contributed by atoms with E-state index in [0.717, 1.165) is 23.5 Å². The third-order valence-electron chi connectivity index (χ3n) is 4.71. The Hall–Kier alpha value is -2.69. The second-order valence-electron chi connectivity index (χ2n) is 7.38. The molecule has 2 aromatic rings. The Bertz CT molecular complexity index is 798. The number of hydrogen-bond donors (Lipinski definition) is 1. The second-order valence-corrected chi connectivity index (χ2v) is 7.38. The van der Waals surface area contributed by atoms with E-state index >= 15 is 0 Å².